The highest BCUT2D eigenvalue weighted by Crippen LogP contribution is 2.36. The van der Waals surface area contributed by atoms with Gasteiger partial charge in [0.1, 0.15) is 11.5 Å². The second-order valence-electron chi connectivity index (χ2n) is 3.80. The van der Waals surface area contributed by atoms with Gasteiger partial charge in [0.2, 0.25) is 0 Å². The second kappa shape index (κ2) is 6.48. The van der Waals surface area contributed by atoms with E-state index in [9.17, 15) is 4.79 Å². The van der Waals surface area contributed by atoms with Gasteiger partial charge in [0.05, 0.1) is 17.2 Å². The van der Waals surface area contributed by atoms with Gasteiger partial charge in [0.15, 0.2) is 0 Å². The Balaban J connectivity index is 2.31. The third kappa shape index (κ3) is 3.45. The Labute approximate surface area is 134 Å². The van der Waals surface area contributed by atoms with Crippen LogP contribution in [0, 0.1) is 0 Å². The molecule has 2 rings (SSSR count). The Morgan fingerprint density at radius 1 is 1.30 bits per heavy atom. The molecule has 3 nitrogen and oxygen atoms in total. The van der Waals surface area contributed by atoms with Crippen molar-refractivity contribution in [2.24, 2.45) is 0 Å². The Kier molecular flexibility index (Phi) is 4.91. The summed E-state index contributed by atoms with van der Waals surface area (Å²) in [5, 5.41) is 1.05. The molecule has 0 fully saturated rings. The Morgan fingerprint density at radius 3 is 2.75 bits per heavy atom. The quantitative estimate of drug-likeness (QED) is 0.420. The average Bonchev–Trinajstić information content (AvgIpc) is 2.88. The number of halogens is 3. The van der Waals surface area contributed by atoms with Gasteiger partial charge < -0.3 is 9.15 Å². The molecule has 0 unspecified atom stereocenters. The van der Waals surface area contributed by atoms with E-state index < -0.39 is 5.97 Å². The maximum Gasteiger partial charge on any atom is 0.330 e. The van der Waals surface area contributed by atoms with Crippen LogP contribution >= 0.6 is 39.1 Å². The SMILES string of the molecule is COC(=O)/C=C/c1ccc(-c2cc(Cl)c(Br)cc2Cl)o1. The number of rotatable bonds is 3. The van der Waals surface area contributed by atoms with Crippen LogP contribution in [-0.2, 0) is 9.53 Å². The maximum absolute atomic E-state index is 11.0. The van der Waals surface area contributed by atoms with Gasteiger partial charge in [-0.25, -0.2) is 4.79 Å². The summed E-state index contributed by atoms with van der Waals surface area (Å²) < 4.78 is 10.8. The van der Waals surface area contributed by atoms with Gasteiger partial charge in [-0.05, 0) is 46.3 Å². The molecule has 0 radical (unpaired) electrons. The van der Waals surface area contributed by atoms with Crippen LogP contribution in [0.3, 0.4) is 0 Å². The van der Waals surface area contributed by atoms with E-state index in [-0.39, 0.29) is 0 Å². The van der Waals surface area contributed by atoms with Crippen molar-refractivity contribution in [3.8, 4) is 11.3 Å². The van der Waals surface area contributed by atoms with Gasteiger partial charge in [0, 0.05) is 16.1 Å². The normalized spacial score (nSPS) is 11.0. The highest BCUT2D eigenvalue weighted by molar-refractivity contribution is 9.10. The summed E-state index contributed by atoms with van der Waals surface area (Å²) in [4.78, 5) is 11.0. The lowest BCUT2D eigenvalue weighted by atomic mass is 10.2. The first kappa shape index (κ1) is 15.2. The van der Waals surface area contributed by atoms with Crippen molar-refractivity contribution >= 4 is 51.2 Å². The molecule has 1 heterocycles. The molecule has 104 valence electrons. The summed E-state index contributed by atoms with van der Waals surface area (Å²) in [6.07, 6.45) is 2.79. The molecule has 2 aromatic rings. The number of carbonyl (C=O) groups excluding carboxylic acids is 1. The van der Waals surface area contributed by atoms with Gasteiger partial charge in [-0.2, -0.15) is 0 Å². The Hall–Kier alpha value is -1.23. The number of methoxy groups -OCH3 is 1. The van der Waals surface area contributed by atoms with Gasteiger partial charge >= 0.3 is 5.97 Å². The van der Waals surface area contributed by atoms with E-state index in [1.807, 2.05) is 0 Å². The van der Waals surface area contributed by atoms with E-state index in [1.165, 1.54) is 19.3 Å². The number of esters is 1. The van der Waals surface area contributed by atoms with Crippen molar-refractivity contribution in [1.82, 2.24) is 0 Å². The van der Waals surface area contributed by atoms with Crippen LogP contribution in [0.1, 0.15) is 5.76 Å². The van der Waals surface area contributed by atoms with Crippen molar-refractivity contribution in [3.05, 3.63) is 50.6 Å². The van der Waals surface area contributed by atoms with E-state index in [2.05, 4.69) is 20.7 Å². The molecular formula is C14H9BrCl2O3. The Morgan fingerprint density at radius 2 is 2.05 bits per heavy atom. The molecule has 0 amide bonds. The zero-order valence-electron chi connectivity index (χ0n) is 10.3. The minimum Gasteiger partial charge on any atom is -0.466 e. The fourth-order valence-electron chi connectivity index (χ4n) is 1.52. The molecule has 1 aromatic carbocycles. The summed E-state index contributed by atoms with van der Waals surface area (Å²) in [5.41, 5.74) is 0.678. The van der Waals surface area contributed by atoms with Crippen molar-refractivity contribution in [2.75, 3.05) is 7.11 Å². The minimum absolute atomic E-state index is 0.451. The lowest BCUT2D eigenvalue weighted by Gasteiger charge is -2.03. The van der Waals surface area contributed by atoms with Crippen molar-refractivity contribution < 1.29 is 13.9 Å². The number of hydrogen-bond donors (Lipinski definition) is 0. The highest BCUT2D eigenvalue weighted by atomic mass is 79.9. The molecule has 0 aliphatic rings. The predicted molar refractivity (Wildman–Crippen MR) is 82.9 cm³/mol. The number of carbonyl (C=O) groups is 1. The third-order valence-corrected chi connectivity index (χ3v) is 4.00. The first-order valence-electron chi connectivity index (χ1n) is 5.52. The molecule has 0 aliphatic heterocycles. The van der Waals surface area contributed by atoms with Crippen LogP contribution in [0.4, 0.5) is 0 Å². The first-order chi connectivity index (χ1) is 9.51. The molecule has 6 heteroatoms. The maximum atomic E-state index is 11.0. The molecule has 1 aromatic heterocycles. The largest absolute Gasteiger partial charge is 0.466 e. The zero-order valence-corrected chi connectivity index (χ0v) is 13.4. The zero-order chi connectivity index (χ0) is 14.7. The summed E-state index contributed by atoms with van der Waals surface area (Å²) >= 11 is 15.5. The molecule has 0 spiro atoms. The van der Waals surface area contributed by atoms with Crippen LogP contribution in [0.5, 0.6) is 0 Å². The molecule has 20 heavy (non-hydrogen) atoms. The minimum atomic E-state index is -0.451. The molecule has 0 saturated heterocycles. The molecular weight excluding hydrogens is 367 g/mol. The van der Waals surface area contributed by atoms with E-state index >= 15 is 0 Å². The average molecular weight is 376 g/mol. The smallest absolute Gasteiger partial charge is 0.330 e. The second-order valence-corrected chi connectivity index (χ2v) is 5.47. The van der Waals surface area contributed by atoms with Gasteiger partial charge in [-0.1, -0.05) is 23.2 Å². The van der Waals surface area contributed by atoms with Crippen molar-refractivity contribution in [1.29, 1.82) is 0 Å². The van der Waals surface area contributed by atoms with Crippen LogP contribution in [0.2, 0.25) is 10.0 Å². The van der Waals surface area contributed by atoms with Crippen LogP contribution in [-0.4, -0.2) is 13.1 Å². The summed E-state index contributed by atoms with van der Waals surface area (Å²) in [6.45, 7) is 0. The third-order valence-electron chi connectivity index (χ3n) is 2.49. The summed E-state index contributed by atoms with van der Waals surface area (Å²) in [5.74, 6) is 0.627. The van der Waals surface area contributed by atoms with Crippen molar-refractivity contribution in [2.45, 2.75) is 0 Å². The number of hydrogen-bond acceptors (Lipinski definition) is 3. The monoisotopic (exact) mass is 374 g/mol. The molecule has 0 bridgehead atoms. The summed E-state index contributed by atoms with van der Waals surface area (Å²) in [7, 11) is 1.31. The van der Waals surface area contributed by atoms with Crippen molar-refractivity contribution in [3.63, 3.8) is 0 Å². The molecule has 0 aliphatic carbocycles. The fraction of sp³-hybridized carbons (Fsp3) is 0.0714. The first-order valence-corrected chi connectivity index (χ1v) is 7.07. The number of ether oxygens (including phenoxy) is 1. The summed E-state index contributed by atoms with van der Waals surface area (Å²) in [6, 6.07) is 6.88. The highest BCUT2D eigenvalue weighted by Gasteiger charge is 2.11. The van der Waals surface area contributed by atoms with E-state index in [0.29, 0.717) is 31.6 Å². The molecule has 0 saturated carbocycles. The van der Waals surface area contributed by atoms with E-state index in [1.54, 1.807) is 24.3 Å². The van der Waals surface area contributed by atoms with E-state index in [4.69, 9.17) is 27.6 Å². The fourth-order valence-corrected chi connectivity index (χ4v) is 2.41. The van der Waals surface area contributed by atoms with Crippen LogP contribution in [0.15, 0.2) is 39.2 Å². The standard InChI is InChI=1S/C14H9BrCl2O3/c1-19-14(18)5-3-8-2-4-13(20-8)9-6-12(17)10(15)7-11(9)16/h2-7H,1H3/b5-3+. The predicted octanol–water partition coefficient (Wildman–Crippen LogP) is 5.20. The molecule has 0 N–H and O–H groups in total. The number of benzene rings is 1. The van der Waals surface area contributed by atoms with Gasteiger partial charge in [0.25, 0.3) is 0 Å². The van der Waals surface area contributed by atoms with Crippen LogP contribution in [0.25, 0.3) is 17.4 Å². The Bertz CT molecular complexity index is 677. The molecule has 0 atom stereocenters. The lowest BCUT2D eigenvalue weighted by Crippen LogP contribution is -1.92. The van der Waals surface area contributed by atoms with E-state index in [0.717, 1.165) is 0 Å². The van der Waals surface area contributed by atoms with Gasteiger partial charge in [-0.3, -0.25) is 0 Å². The van der Waals surface area contributed by atoms with Crippen LogP contribution < -0.4 is 0 Å². The number of furan rings is 1. The topological polar surface area (TPSA) is 39.4 Å². The lowest BCUT2D eigenvalue weighted by molar-refractivity contribution is -0.134. The van der Waals surface area contributed by atoms with Gasteiger partial charge in [-0.15, -0.1) is 0 Å².